The summed E-state index contributed by atoms with van der Waals surface area (Å²) in [6.45, 7) is 6.48. The molecule has 0 bridgehead atoms. The van der Waals surface area contributed by atoms with Gasteiger partial charge in [-0.25, -0.2) is 0 Å². The number of carbonyl (C=O) groups is 15. The fraction of sp³-hybridized carbons (Fsp3) is 0.717. The monoisotopic (exact) mass is 1340 g/mol. The number of nitrogens with zero attached hydrogens (tertiary/aromatic N) is 3. The van der Waals surface area contributed by atoms with Gasteiger partial charge in [0.15, 0.2) is 40.8 Å². The van der Waals surface area contributed by atoms with Crippen molar-refractivity contribution in [2.45, 2.75) is 186 Å². The Balaban J connectivity index is 2.84. The summed E-state index contributed by atoms with van der Waals surface area (Å²) in [6, 6.07) is -5.54. The lowest BCUT2D eigenvalue weighted by Gasteiger charge is -2.30. The second kappa shape index (κ2) is 45.2. The molecule has 1 rings (SSSR count). The number of amides is 7. The highest BCUT2D eigenvalue weighted by Crippen LogP contribution is 2.23. The van der Waals surface area contributed by atoms with E-state index in [9.17, 15) is 82.1 Å². The maximum Gasteiger partial charge on any atom is 0.303 e. The Kier molecular flexibility index (Phi) is 40.3. The van der Waals surface area contributed by atoms with Crippen molar-refractivity contribution >= 4 is 112 Å². The van der Waals surface area contributed by atoms with Gasteiger partial charge in [-0.2, -0.15) is 11.8 Å². The number of hydrogen-bond acceptors (Lipinski definition) is 19. The van der Waals surface area contributed by atoms with Crippen LogP contribution in [-0.2, 0) is 76.7 Å². The summed E-state index contributed by atoms with van der Waals surface area (Å²) in [7, 11) is 1.27. The van der Waals surface area contributed by atoms with Crippen LogP contribution in [0.5, 0.6) is 0 Å². The highest BCUT2D eigenvalue weighted by molar-refractivity contribution is 7.98. The third kappa shape index (κ3) is 35.5. The van der Waals surface area contributed by atoms with Crippen LogP contribution in [0.1, 0.15) is 156 Å². The minimum absolute atomic E-state index is 0.0716. The molecule has 0 saturated carbocycles. The summed E-state index contributed by atoms with van der Waals surface area (Å²) in [5.41, 5.74) is 21.8. The molecule has 0 aliphatic carbocycles. The zero-order valence-corrected chi connectivity index (χ0v) is 55.1. The molecular formula is C60H99N13O19S. The average Bonchev–Trinajstić information content (AvgIpc) is 1.85. The van der Waals surface area contributed by atoms with Gasteiger partial charge in [-0.1, -0.05) is 27.7 Å². The van der Waals surface area contributed by atoms with Crippen molar-refractivity contribution < 1.29 is 92.0 Å². The van der Waals surface area contributed by atoms with E-state index in [1.165, 1.54) is 30.6 Å². The number of aliphatic imine (C=N–C) groups is 2. The molecule has 0 aromatic heterocycles. The highest BCUT2D eigenvalue weighted by Gasteiger charge is 2.40. The lowest BCUT2D eigenvalue weighted by Crippen LogP contribution is -2.55. The number of likely N-dealkylation sites (tertiary alicyclic amines) is 1. The molecule has 7 amide bonds. The lowest BCUT2D eigenvalue weighted by molar-refractivity contribution is -0.142. The van der Waals surface area contributed by atoms with E-state index in [1.54, 1.807) is 13.2 Å². The zero-order chi connectivity index (χ0) is 70.3. The molecule has 93 heavy (non-hydrogen) atoms. The zero-order valence-electron chi connectivity index (χ0n) is 54.3. The van der Waals surface area contributed by atoms with E-state index in [0.29, 0.717) is 32.2 Å². The normalized spacial score (nSPS) is 15.3. The van der Waals surface area contributed by atoms with Crippen molar-refractivity contribution in [1.82, 2.24) is 36.8 Å². The molecule has 17 N–H and O–H groups in total. The van der Waals surface area contributed by atoms with E-state index in [-0.39, 0.29) is 113 Å². The number of ketones is 5. The summed E-state index contributed by atoms with van der Waals surface area (Å²) in [5.74, 6) is -15.0. The van der Waals surface area contributed by atoms with Gasteiger partial charge in [0.05, 0.1) is 24.7 Å². The van der Waals surface area contributed by atoms with Gasteiger partial charge in [-0.05, 0) is 82.8 Å². The number of thioether (sulfide) groups is 1. The Bertz CT molecular complexity index is 2630. The van der Waals surface area contributed by atoms with E-state index in [0.717, 1.165) is 0 Å². The number of nitrogens with two attached hydrogens (primary N) is 4. The van der Waals surface area contributed by atoms with Gasteiger partial charge in [0.2, 0.25) is 41.4 Å². The molecular weight excluding hydrogens is 1240 g/mol. The van der Waals surface area contributed by atoms with E-state index in [4.69, 9.17) is 32.8 Å². The van der Waals surface area contributed by atoms with Crippen molar-refractivity contribution in [3.05, 3.63) is 0 Å². The van der Waals surface area contributed by atoms with E-state index >= 15 is 0 Å². The second-order valence-corrected chi connectivity index (χ2v) is 24.5. The van der Waals surface area contributed by atoms with Crippen LogP contribution in [0.25, 0.3) is 0 Å². The Morgan fingerprint density at radius 2 is 1.14 bits per heavy atom. The smallest absolute Gasteiger partial charge is 0.303 e. The van der Waals surface area contributed by atoms with Crippen LogP contribution in [0.15, 0.2) is 9.98 Å². The summed E-state index contributed by atoms with van der Waals surface area (Å²) in [4.78, 5) is 203. The predicted molar refractivity (Wildman–Crippen MR) is 341 cm³/mol. The van der Waals surface area contributed by atoms with Crippen molar-refractivity contribution in [2.75, 3.05) is 58.4 Å². The number of ether oxygens (including phenoxy) is 1. The summed E-state index contributed by atoms with van der Waals surface area (Å²) in [5, 5.41) is 43.2. The van der Waals surface area contributed by atoms with Crippen LogP contribution in [0.4, 0.5) is 0 Å². The molecule has 0 aromatic rings. The molecule has 1 aliphatic rings. The number of guanidine groups is 2. The molecule has 33 heteroatoms. The Hall–Kier alpha value is -8.10. The molecule has 1 saturated heterocycles. The van der Waals surface area contributed by atoms with Gasteiger partial charge in [0.1, 0.15) is 18.7 Å². The SMILES string of the molecule is CNC(=O)[C@@H](CCC(=O)O)CC(=O)[C@@H](CCC(=O)O)NC(=O)[C@@H](CCC(=O)O)CC(=O)COCCCC(=O)CNC(=O)[C@H](C)CC(=O)[C@H](CSC)NC(=O)CCC(=O)[C@H](CC(C)C)NC(=O)[C@@H]1CCCN1C(=O)[C@@H](CCCN=C(N)N)NC(=O)[C@H](C)CCCN=C(N)N. The number of hydrogen-bond donors (Lipinski definition) is 13. The predicted octanol–water partition coefficient (Wildman–Crippen LogP) is -1.01. The first-order valence-corrected chi connectivity index (χ1v) is 32.6. The minimum atomic E-state index is -1.48. The molecule has 0 spiro atoms. The van der Waals surface area contributed by atoms with Crippen LogP contribution in [-0.4, -0.2) is 209 Å². The number of carboxylic acids is 3. The van der Waals surface area contributed by atoms with Crippen molar-refractivity contribution in [2.24, 2.45) is 62.5 Å². The standard InChI is InChI=1S/C60H99N13O19S/c1-34(2)27-43(72-57(90)45-14-9-25-73(45)58(91)42(13-8-24-67-60(63)64)71-54(87)35(3)11-7-23-66-59(61)62)46(76)18-19-49(79)69-44(33-93-6)47(77)28-36(4)53(86)68-31-39(74)12-10-26-92-32-40(75)29-37(15-20-50(80)81)56(89)70-41(17-22-52(84)85)48(78)30-38(55(88)65-5)16-21-51(82)83/h34-38,41-45H,7-33H2,1-6H3,(H,65,88)(H,68,86)(H,69,79)(H,70,89)(H,71,87)(H,72,90)(H,80,81)(H,82,83)(H,84,85)(H4,61,62,66)(H4,63,64,67)/t35-,36-,37+,38+,41-,42-,43+,44+,45+/m1/s1. The van der Waals surface area contributed by atoms with Crippen molar-refractivity contribution in [1.29, 1.82) is 0 Å². The van der Waals surface area contributed by atoms with Gasteiger partial charge in [-0.15, -0.1) is 0 Å². The highest BCUT2D eigenvalue weighted by atomic mass is 32.2. The molecule has 0 unspecified atom stereocenters. The van der Waals surface area contributed by atoms with Crippen molar-refractivity contribution in [3.8, 4) is 0 Å². The fourth-order valence-corrected chi connectivity index (χ4v) is 10.6. The molecule has 1 aliphatic heterocycles. The fourth-order valence-electron chi connectivity index (χ4n) is 9.97. The minimum Gasteiger partial charge on any atom is -0.481 e. The van der Waals surface area contributed by atoms with Crippen LogP contribution >= 0.6 is 11.8 Å². The van der Waals surface area contributed by atoms with Gasteiger partial charge in [0, 0.05) is 121 Å². The molecule has 524 valence electrons. The van der Waals surface area contributed by atoms with Gasteiger partial charge >= 0.3 is 17.9 Å². The number of carbonyl (C=O) groups excluding carboxylic acids is 12. The first-order valence-electron chi connectivity index (χ1n) is 31.2. The van der Waals surface area contributed by atoms with Crippen LogP contribution in [0, 0.1) is 29.6 Å². The van der Waals surface area contributed by atoms with Gasteiger partial charge in [-0.3, -0.25) is 81.9 Å². The topological polar surface area (TPSA) is 530 Å². The largest absolute Gasteiger partial charge is 0.481 e. The Morgan fingerprint density at radius 1 is 0.570 bits per heavy atom. The molecule has 9 atom stereocenters. The van der Waals surface area contributed by atoms with E-state index in [1.807, 2.05) is 13.8 Å². The summed E-state index contributed by atoms with van der Waals surface area (Å²) >= 11 is 1.25. The maximum atomic E-state index is 14.2. The Morgan fingerprint density at radius 3 is 1.71 bits per heavy atom. The second-order valence-electron chi connectivity index (χ2n) is 23.5. The molecule has 32 nitrogen and oxygen atoms in total. The number of rotatable bonds is 51. The van der Waals surface area contributed by atoms with E-state index in [2.05, 4.69) is 41.9 Å². The lowest BCUT2D eigenvalue weighted by atomic mass is 9.90. The Labute approximate surface area is 546 Å². The van der Waals surface area contributed by atoms with E-state index < -0.39 is 188 Å². The van der Waals surface area contributed by atoms with Crippen LogP contribution in [0.3, 0.4) is 0 Å². The first kappa shape index (κ1) is 82.9. The summed E-state index contributed by atoms with van der Waals surface area (Å²) in [6.07, 6.45) is -0.603. The number of aliphatic carboxylic acids is 3. The molecule has 1 fully saturated rings. The molecule has 1 heterocycles. The van der Waals surface area contributed by atoms with Gasteiger partial charge in [0.25, 0.3) is 0 Å². The maximum absolute atomic E-state index is 14.2. The van der Waals surface area contributed by atoms with Crippen LogP contribution < -0.4 is 54.8 Å². The van der Waals surface area contributed by atoms with Gasteiger partial charge < -0.3 is 79.8 Å². The average molecular weight is 1340 g/mol. The van der Waals surface area contributed by atoms with Crippen LogP contribution in [0.2, 0.25) is 0 Å². The third-order valence-corrected chi connectivity index (χ3v) is 15.8. The number of Topliss-reactive ketones (excluding diaryl/α,β-unsaturated/α-hetero) is 5. The summed E-state index contributed by atoms with van der Waals surface area (Å²) < 4.78 is 5.40. The number of carboxylic acid groups (broad SMARTS) is 3. The number of nitrogens with one attached hydrogen (secondary N) is 6. The quantitative estimate of drug-likeness (QED) is 0.0197. The molecule has 0 radical (unpaired) electrons. The van der Waals surface area contributed by atoms with Crippen molar-refractivity contribution in [3.63, 3.8) is 0 Å². The third-order valence-electron chi connectivity index (χ3n) is 15.1. The molecule has 0 aromatic carbocycles. The first-order chi connectivity index (χ1) is 43.8.